The fraction of sp³-hybridized carbons (Fsp3) is 0.818. The minimum atomic E-state index is 0.597. The molecular formula is C11H21N5S. The van der Waals surface area contributed by atoms with Crippen molar-refractivity contribution in [3.05, 3.63) is 5.01 Å². The van der Waals surface area contributed by atoms with Gasteiger partial charge in [-0.1, -0.05) is 11.3 Å². The molecule has 96 valence electrons. The highest BCUT2D eigenvalue weighted by molar-refractivity contribution is 7.15. The molecule has 1 unspecified atom stereocenters. The van der Waals surface area contributed by atoms with E-state index in [9.17, 15) is 0 Å². The maximum Gasteiger partial charge on any atom is 0.205 e. The summed E-state index contributed by atoms with van der Waals surface area (Å²) >= 11 is 1.67. The molecule has 0 bridgehead atoms. The lowest BCUT2D eigenvalue weighted by Gasteiger charge is -2.37. The molecule has 5 nitrogen and oxygen atoms in total. The maximum atomic E-state index is 4.23. The third kappa shape index (κ3) is 3.37. The first-order chi connectivity index (χ1) is 8.19. The van der Waals surface area contributed by atoms with Crippen molar-refractivity contribution in [3.8, 4) is 0 Å². The Labute approximate surface area is 107 Å². The SMILES string of the molecule is CCNc1nnc(CN2CCN(C)CC2C)s1. The second kappa shape index (κ2) is 5.75. The predicted octanol–water partition coefficient (Wildman–Crippen LogP) is 1.11. The van der Waals surface area contributed by atoms with Gasteiger partial charge in [0.15, 0.2) is 0 Å². The van der Waals surface area contributed by atoms with Gasteiger partial charge in [-0.15, -0.1) is 10.2 Å². The van der Waals surface area contributed by atoms with Crippen LogP contribution in [0.2, 0.25) is 0 Å². The van der Waals surface area contributed by atoms with E-state index in [1.165, 1.54) is 0 Å². The van der Waals surface area contributed by atoms with Gasteiger partial charge in [0, 0.05) is 32.2 Å². The summed E-state index contributed by atoms with van der Waals surface area (Å²) in [4.78, 5) is 4.86. The zero-order chi connectivity index (χ0) is 12.3. The molecule has 2 heterocycles. The summed E-state index contributed by atoms with van der Waals surface area (Å²) in [7, 11) is 2.18. The Morgan fingerprint density at radius 3 is 2.94 bits per heavy atom. The minimum absolute atomic E-state index is 0.597. The zero-order valence-electron chi connectivity index (χ0n) is 10.8. The molecule has 6 heteroatoms. The van der Waals surface area contributed by atoms with Crippen molar-refractivity contribution < 1.29 is 0 Å². The number of hydrogen-bond acceptors (Lipinski definition) is 6. The molecule has 1 aliphatic heterocycles. The van der Waals surface area contributed by atoms with E-state index >= 15 is 0 Å². The molecule has 0 amide bonds. The number of nitrogens with one attached hydrogen (secondary N) is 1. The van der Waals surface area contributed by atoms with Gasteiger partial charge in [0.25, 0.3) is 0 Å². The van der Waals surface area contributed by atoms with Crippen LogP contribution in [0.5, 0.6) is 0 Å². The van der Waals surface area contributed by atoms with Crippen LogP contribution in [0.25, 0.3) is 0 Å². The van der Waals surface area contributed by atoms with Crippen LogP contribution in [-0.4, -0.2) is 59.3 Å². The van der Waals surface area contributed by atoms with Crippen LogP contribution in [0.4, 0.5) is 5.13 Å². The highest BCUT2D eigenvalue weighted by Crippen LogP contribution is 2.19. The predicted molar refractivity (Wildman–Crippen MR) is 71.4 cm³/mol. The summed E-state index contributed by atoms with van der Waals surface area (Å²) in [5.74, 6) is 0. The summed E-state index contributed by atoms with van der Waals surface area (Å²) in [6.45, 7) is 9.58. The van der Waals surface area contributed by atoms with Crippen LogP contribution in [0.1, 0.15) is 18.9 Å². The van der Waals surface area contributed by atoms with Gasteiger partial charge in [0.1, 0.15) is 5.01 Å². The average Bonchev–Trinajstić information content (AvgIpc) is 2.71. The van der Waals surface area contributed by atoms with E-state index in [1.807, 2.05) is 0 Å². The van der Waals surface area contributed by atoms with Crippen LogP contribution in [0.3, 0.4) is 0 Å². The molecule has 1 N–H and O–H groups in total. The van der Waals surface area contributed by atoms with Crippen molar-refractivity contribution in [2.75, 3.05) is 38.5 Å². The molecule has 0 saturated carbocycles. The third-order valence-electron chi connectivity index (χ3n) is 3.10. The number of rotatable bonds is 4. The molecule has 0 spiro atoms. The van der Waals surface area contributed by atoms with Crippen LogP contribution in [0, 0.1) is 0 Å². The van der Waals surface area contributed by atoms with Crippen molar-refractivity contribution in [2.24, 2.45) is 0 Å². The molecule has 1 aromatic rings. The number of aromatic nitrogens is 2. The highest BCUT2D eigenvalue weighted by Gasteiger charge is 2.22. The summed E-state index contributed by atoms with van der Waals surface area (Å²) in [6.07, 6.45) is 0. The van der Waals surface area contributed by atoms with Crippen molar-refractivity contribution in [1.82, 2.24) is 20.0 Å². The van der Waals surface area contributed by atoms with Crippen LogP contribution in [0.15, 0.2) is 0 Å². The third-order valence-corrected chi connectivity index (χ3v) is 3.97. The summed E-state index contributed by atoms with van der Waals surface area (Å²) in [5, 5.41) is 13.6. The number of piperazine rings is 1. The first kappa shape index (κ1) is 12.7. The fourth-order valence-electron chi connectivity index (χ4n) is 2.13. The average molecular weight is 255 g/mol. The van der Waals surface area contributed by atoms with Crippen molar-refractivity contribution in [1.29, 1.82) is 0 Å². The standard InChI is InChI=1S/C11H21N5S/c1-4-12-11-14-13-10(17-11)8-16-6-5-15(3)7-9(16)2/h9H,4-8H2,1-3H3,(H,12,14). The quantitative estimate of drug-likeness (QED) is 0.873. The molecule has 0 aromatic carbocycles. The lowest BCUT2D eigenvalue weighted by molar-refractivity contribution is 0.0936. The number of anilines is 1. The Hall–Kier alpha value is -0.720. The van der Waals surface area contributed by atoms with E-state index < -0.39 is 0 Å². The van der Waals surface area contributed by atoms with Crippen LogP contribution in [-0.2, 0) is 6.54 Å². The van der Waals surface area contributed by atoms with Gasteiger partial charge in [0.05, 0.1) is 6.54 Å². The highest BCUT2D eigenvalue weighted by atomic mass is 32.1. The van der Waals surface area contributed by atoms with Gasteiger partial charge in [-0.25, -0.2) is 0 Å². The van der Waals surface area contributed by atoms with Gasteiger partial charge in [0.2, 0.25) is 5.13 Å². The summed E-state index contributed by atoms with van der Waals surface area (Å²) < 4.78 is 0. The second-order valence-electron chi connectivity index (χ2n) is 4.61. The Kier molecular flexibility index (Phi) is 4.31. The van der Waals surface area contributed by atoms with E-state index in [0.29, 0.717) is 6.04 Å². The van der Waals surface area contributed by atoms with Gasteiger partial charge >= 0.3 is 0 Å². The molecule has 1 fully saturated rings. The smallest absolute Gasteiger partial charge is 0.205 e. The Bertz CT molecular complexity index is 353. The van der Waals surface area contributed by atoms with Gasteiger partial charge in [-0.05, 0) is 20.9 Å². The van der Waals surface area contributed by atoms with Crippen LogP contribution >= 0.6 is 11.3 Å². The normalized spacial score (nSPS) is 22.9. The van der Waals surface area contributed by atoms with E-state index in [0.717, 1.165) is 42.9 Å². The topological polar surface area (TPSA) is 44.3 Å². The molecule has 1 aromatic heterocycles. The molecule has 2 rings (SSSR count). The van der Waals surface area contributed by atoms with E-state index in [2.05, 4.69) is 46.2 Å². The largest absolute Gasteiger partial charge is 0.360 e. The summed E-state index contributed by atoms with van der Waals surface area (Å²) in [5.41, 5.74) is 0. The van der Waals surface area contributed by atoms with Gasteiger partial charge in [-0.3, -0.25) is 4.90 Å². The van der Waals surface area contributed by atoms with Crippen molar-refractivity contribution in [3.63, 3.8) is 0 Å². The van der Waals surface area contributed by atoms with E-state index in [-0.39, 0.29) is 0 Å². The van der Waals surface area contributed by atoms with E-state index in [4.69, 9.17) is 0 Å². The van der Waals surface area contributed by atoms with Gasteiger partial charge < -0.3 is 10.2 Å². The first-order valence-electron chi connectivity index (χ1n) is 6.18. The molecule has 0 radical (unpaired) electrons. The second-order valence-corrected chi connectivity index (χ2v) is 5.68. The molecule has 1 atom stereocenters. The summed E-state index contributed by atoms with van der Waals surface area (Å²) in [6, 6.07) is 0.597. The lowest BCUT2D eigenvalue weighted by Crippen LogP contribution is -2.49. The Balaban J connectivity index is 1.91. The van der Waals surface area contributed by atoms with Crippen LogP contribution < -0.4 is 5.32 Å². The van der Waals surface area contributed by atoms with Crippen molar-refractivity contribution in [2.45, 2.75) is 26.4 Å². The molecular weight excluding hydrogens is 234 g/mol. The number of likely N-dealkylation sites (N-methyl/N-ethyl adjacent to an activating group) is 1. The minimum Gasteiger partial charge on any atom is -0.360 e. The lowest BCUT2D eigenvalue weighted by atomic mass is 10.2. The molecule has 1 saturated heterocycles. The number of nitrogens with zero attached hydrogens (tertiary/aromatic N) is 4. The Morgan fingerprint density at radius 2 is 2.24 bits per heavy atom. The molecule has 17 heavy (non-hydrogen) atoms. The van der Waals surface area contributed by atoms with E-state index in [1.54, 1.807) is 11.3 Å². The van der Waals surface area contributed by atoms with Crippen molar-refractivity contribution >= 4 is 16.5 Å². The number of hydrogen-bond donors (Lipinski definition) is 1. The Morgan fingerprint density at radius 1 is 1.41 bits per heavy atom. The molecule has 0 aliphatic carbocycles. The molecule has 1 aliphatic rings. The fourth-order valence-corrected chi connectivity index (χ4v) is 2.96. The maximum absolute atomic E-state index is 4.23. The zero-order valence-corrected chi connectivity index (χ0v) is 11.6. The first-order valence-corrected chi connectivity index (χ1v) is 6.99. The van der Waals surface area contributed by atoms with Gasteiger partial charge in [-0.2, -0.15) is 0 Å². The monoisotopic (exact) mass is 255 g/mol.